The lowest BCUT2D eigenvalue weighted by molar-refractivity contribution is 0.374. The second kappa shape index (κ2) is 15.3. The number of ether oxygens (including phenoxy) is 2. The first-order valence-corrected chi connectivity index (χ1v) is 25.6. The molecule has 346 valence electrons. The average Bonchev–Trinajstić information content (AvgIpc) is 4.00. The highest BCUT2D eigenvalue weighted by Gasteiger charge is 2.57. The molecule has 0 amide bonds. The number of benzene rings is 8. The Morgan fingerprint density at radius 1 is 0.514 bits per heavy atom. The van der Waals surface area contributed by atoms with Crippen molar-refractivity contribution in [2.75, 3.05) is 0 Å². The van der Waals surface area contributed by atoms with E-state index in [9.17, 15) is 5.26 Å². The molecular formula is C69H43N3O2. The van der Waals surface area contributed by atoms with E-state index in [4.69, 9.17) is 19.5 Å². The van der Waals surface area contributed by atoms with Crippen LogP contribution < -0.4 is 9.47 Å². The molecule has 16 rings (SSSR count). The molecule has 0 N–H and O–H groups in total. The molecule has 5 unspecified atom stereocenters. The van der Waals surface area contributed by atoms with E-state index in [1.54, 1.807) is 0 Å². The summed E-state index contributed by atoms with van der Waals surface area (Å²) in [6, 6.07) is 66.8. The van der Waals surface area contributed by atoms with E-state index < -0.39 is 10.8 Å². The van der Waals surface area contributed by atoms with Gasteiger partial charge in [0.05, 0.1) is 28.2 Å². The smallest absolute Gasteiger partial charge is 0.132 e. The maximum atomic E-state index is 10.0. The van der Waals surface area contributed by atoms with Crippen LogP contribution in [0.25, 0.3) is 22.3 Å². The molecule has 0 aromatic heterocycles. The number of allylic oxidation sites excluding steroid dienone is 8. The minimum absolute atomic E-state index is 0.0684. The minimum atomic E-state index is -0.516. The van der Waals surface area contributed by atoms with Gasteiger partial charge < -0.3 is 9.47 Å². The summed E-state index contributed by atoms with van der Waals surface area (Å²) in [5.74, 6) is 3.55. The predicted molar refractivity (Wildman–Crippen MR) is 293 cm³/mol. The normalized spacial score (nSPS) is 22.7. The van der Waals surface area contributed by atoms with Crippen molar-refractivity contribution in [3.63, 3.8) is 0 Å². The van der Waals surface area contributed by atoms with Crippen LogP contribution in [-0.4, -0.2) is 24.0 Å². The number of dihydropyridines is 2. The molecule has 5 atom stereocenters. The molecule has 0 radical (unpaired) electrons. The summed E-state index contributed by atoms with van der Waals surface area (Å²) in [7, 11) is 0. The van der Waals surface area contributed by atoms with Gasteiger partial charge in [-0.3, -0.25) is 9.98 Å². The van der Waals surface area contributed by atoms with Gasteiger partial charge in [0.1, 0.15) is 35.1 Å². The van der Waals surface area contributed by atoms with Crippen LogP contribution >= 0.6 is 0 Å². The molecule has 8 aromatic carbocycles. The molecular weight excluding hydrogens is 903 g/mol. The Labute approximate surface area is 429 Å². The quantitative estimate of drug-likeness (QED) is 0.177. The van der Waals surface area contributed by atoms with E-state index in [-0.39, 0.29) is 23.9 Å². The molecule has 4 heterocycles. The van der Waals surface area contributed by atoms with Gasteiger partial charge in [0, 0.05) is 45.9 Å². The van der Waals surface area contributed by atoms with Crippen LogP contribution in [0.1, 0.15) is 61.6 Å². The fourth-order valence-corrected chi connectivity index (χ4v) is 14.2. The molecule has 74 heavy (non-hydrogen) atoms. The Bertz CT molecular complexity index is 4100. The summed E-state index contributed by atoms with van der Waals surface area (Å²) >= 11 is 0. The number of nitrogens with zero attached hydrogens (tertiary/aromatic N) is 3. The first-order valence-electron chi connectivity index (χ1n) is 25.6. The van der Waals surface area contributed by atoms with Gasteiger partial charge in [-0.05, 0) is 115 Å². The summed E-state index contributed by atoms with van der Waals surface area (Å²) < 4.78 is 13.7. The van der Waals surface area contributed by atoms with Crippen molar-refractivity contribution in [3.8, 4) is 51.3 Å². The van der Waals surface area contributed by atoms with Crippen LogP contribution in [0.2, 0.25) is 0 Å². The lowest BCUT2D eigenvalue weighted by atomic mass is 9.61. The van der Waals surface area contributed by atoms with Gasteiger partial charge in [0.25, 0.3) is 0 Å². The van der Waals surface area contributed by atoms with E-state index in [2.05, 4.69) is 212 Å². The summed E-state index contributed by atoms with van der Waals surface area (Å²) in [6.07, 6.45) is 20.4. The standard InChI is InChI=1S/C69H43N3O2/c70-40-45-14-1-2-15-46(45)42-28-32-59-64(38-42)73-63-26-12-10-24-58(63)69(59)55-22-8-5-18-49(55)52-36-41(27-31-56(52)69)51-37-44-30-34-61(72-66(44)67-50(51)19-13-35-71-67)43-29-33-60-65(39-43)74-62-25-11-9-23-57(62)68(60)53-20-6-3-16-47(53)48-17-4-7-21-54(48)68/h1-39,52,56,66-67H. The van der Waals surface area contributed by atoms with Gasteiger partial charge in [-0.15, -0.1) is 0 Å². The Hall–Kier alpha value is -9.37. The average molecular weight is 946 g/mol. The van der Waals surface area contributed by atoms with Gasteiger partial charge in [0.15, 0.2) is 0 Å². The van der Waals surface area contributed by atoms with Crippen LogP contribution in [0.15, 0.2) is 263 Å². The topological polar surface area (TPSA) is 67.0 Å². The van der Waals surface area contributed by atoms with E-state index in [0.29, 0.717) is 5.56 Å². The second-order valence-corrected chi connectivity index (χ2v) is 20.5. The highest BCUT2D eigenvalue weighted by Crippen LogP contribution is 2.66. The molecule has 5 nitrogen and oxygen atoms in total. The van der Waals surface area contributed by atoms with Gasteiger partial charge >= 0.3 is 0 Å². The third kappa shape index (κ3) is 5.41. The molecule has 4 aliphatic carbocycles. The summed E-state index contributed by atoms with van der Waals surface area (Å²) in [5, 5.41) is 10.0. The van der Waals surface area contributed by atoms with Crippen LogP contribution in [0.5, 0.6) is 23.0 Å². The summed E-state index contributed by atoms with van der Waals surface area (Å²) in [4.78, 5) is 10.8. The van der Waals surface area contributed by atoms with Gasteiger partial charge in [-0.1, -0.05) is 182 Å². The largest absolute Gasteiger partial charge is 0.457 e. The van der Waals surface area contributed by atoms with Crippen molar-refractivity contribution >= 4 is 11.9 Å². The maximum absolute atomic E-state index is 10.0. The fraction of sp³-hybridized carbons (Fsp3) is 0.0870. The number of hydrogen-bond donors (Lipinski definition) is 0. The van der Waals surface area contributed by atoms with Crippen LogP contribution in [0, 0.1) is 17.2 Å². The van der Waals surface area contributed by atoms with E-state index in [1.165, 1.54) is 55.7 Å². The lowest BCUT2D eigenvalue weighted by Crippen LogP contribution is -2.38. The first-order chi connectivity index (χ1) is 36.6. The van der Waals surface area contributed by atoms with Crippen molar-refractivity contribution in [2.24, 2.45) is 15.9 Å². The maximum Gasteiger partial charge on any atom is 0.132 e. The van der Waals surface area contributed by atoms with Crippen molar-refractivity contribution in [1.82, 2.24) is 0 Å². The highest BCUT2D eigenvalue weighted by atomic mass is 16.5. The Morgan fingerprint density at radius 2 is 1.12 bits per heavy atom. The van der Waals surface area contributed by atoms with Crippen LogP contribution in [-0.2, 0) is 10.8 Å². The van der Waals surface area contributed by atoms with Gasteiger partial charge in [-0.2, -0.15) is 5.26 Å². The molecule has 2 spiro atoms. The van der Waals surface area contributed by atoms with Crippen LogP contribution in [0.4, 0.5) is 0 Å². The highest BCUT2D eigenvalue weighted by molar-refractivity contribution is 6.10. The van der Waals surface area contributed by atoms with E-state index in [1.807, 2.05) is 30.5 Å². The molecule has 5 heteroatoms. The number of rotatable bonds is 3. The number of para-hydroxylation sites is 2. The molecule has 0 bridgehead atoms. The van der Waals surface area contributed by atoms with E-state index >= 15 is 0 Å². The van der Waals surface area contributed by atoms with Crippen molar-refractivity contribution in [3.05, 3.63) is 309 Å². The van der Waals surface area contributed by atoms with E-state index in [0.717, 1.165) is 67.7 Å². The molecule has 0 saturated carbocycles. The SMILES string of the molecule is N#Cc1ccccc1-c1ccc2c(c1)Oc1ccccc1C21c2ccccc2C2C=C(C3=C4C=CC=NC4C4N=C(c5ccc6c(c5)Oc5ccccc5C65c6ccccc6-c6ccccc65)C=CC4=C3)C=CC21. The zero-order valence-corrected chi connectivity index (χ0v) is 40.0. The zero-order valence-electron chi connectivity index (χ0n) is 40.0. The second-order valence-electron chi connectivity index (χ2n) is 20.5. The van der Waals surface area contributed by atoms with Crippen molar-refractivity contribution in [2.45, 2.75) is 28.8 Å². The number of aliphatic imine (C=N–C) groups is 2. The number of nitriles is 1. The van der Waals surface area contributed by atoms with Gasteiger partial charge in [0.2, 0.25) is 0 Å². The monoisotopic (exact) mass is 945 g/mol. The van der Waals surface area contributed by atoms with Crippen molar-refractivity contribution < 1.29 is 9.47 Å². The zero-order chi connectivity index (χ0) is 48.7. The fourth-order valence-electron chi connectivity index (χ4n) is 14.2. The Kier molecular flexibility index (Phi) is 8.54. The van der Waals surface area contributed by atoms with Crippen LogP contribution in [0.3, 0.4) is 0 Å². The third-order valence-electron chi connectivity index (χ3n) is 17.1. The molecule has 8 aromatic rings. The number of hydrogen-bond acceptors (Lipinski definition) is 5. The van der Waals surface area contributed by atoms with Gasteiger partial charge in [-0.25, -0.2) is 0 Å². The molecule has 8 aliphatic rings. The number of fused-ring (bicyclic) bond motifs is 21. The Balaban J connectivity index is 0.775. The van der Waals surface area contributed by atoms with Crippen molar-refractivity contribution in [1.29, 1.82) is 5.26 Å². The predicted octanol–water partition coefficient (Wildman–Crippen LogP) is 15.0. The summed E-state index contributed by atoms with van der Waals surface area (Å²) in [6.45, 7) is 0. The minimum Gasteiger partial charge on any atom is -0.457 e. The summed E-state index contributed by atoms with van der Waals surface area (Å²) in [5.41, 5.74) is 20.4. The molecule has 0 fully saturated rings. The Morgan fingerprint density at radius 3 is 1.92 bits per heavy atom. The lowest BCUT2D eigenvalue weighted by Gasteiger charge is -2.43. The molecule has 4 aliphatic heterocycles. The third-order valence-corrected chi connectivity index (χ3v) is 17.1. The molecule has 0 saturated heterocycles. The first kappa shape index (κ1) is 41.3.